The van der Waals surface area contributed by atoms with Gasteiger partial charge >= 0.3 is 28.2 Å². The van der Waals surface area contributed by atoms with Gasteiger partial charge in [-0.05, 0) is 0 Å². The first-order chi connectivity index (χ1) is 7.68. The van der Waals surface area contributed by atoms with Crippen LogP contribution in [0.4, 0.5) is 4.79 Å². The van der Waals surface area contributed by atoms with E-state index in [4.69, 9.17) is 10.2 Å². The molecule has 0 spiro atoms. The summed E-state index contributed by atoms with van der Waals surface area (Å²) in [6, 6.07) is -1.89. The van der Waals surface area contributed by atoms with Gasteiger partial charge in [-0.1, -0.05) is 0 Å². The summed E-state index contributed by atoms with van der Waals surface area (Å²) < 4.78 is 29.0. The number of nitrogens with one attached hydrogen (secondary N) is 2. The minimum absolute atomic E-state index is 0.900. The van der Waals surface area contributed by atoms with Crippen molar-refractivity contribution in [2.75, 3.05) is 7.11 Å². The highest BCUT2D eigenvalue weighted by atomic mass is 32.2. The first kappa shape index (κ1) is 15.1. The van der Waals surface area contributed by atoms with Crippen molar-refractivity contribution in [1.29, 1.82) is 0 Å². The Bertz CT molecular complexity index is 416. The van der Waals surface area contributed by atoms with Crippen molar-refractivity contribution in [2.24, 2.45) is 0 Å². The second kappa shape index (κ2) is 6.00. The van der Waals surface area contributed by atoms with Crippen LogP contribution >= 0.6 is 0 Å². The molecule has 10 nitrogen and oxygen atoms in total. The molecule has 0 unspecified atom stereocenters. The van der Waals surface area contributed by atoms with Crippen LogP contribution in [0.15, 0.2) is 0 Å². The van der Waals surface area contributed by atoms with Gasteiger partial charge in [0.15, 0.2) is 0 Å². The number of ether oxygens (including phenoxy) is 1. The fourth-order valence-corrected chi connectivity index (χ4v) is 1.64. The van der Waals surface area contributed by atoms with Crippen LogP contribution in [0.1, 0.15) is 6.42 Å². The molecule has 0 heterocycles. The molecule has 0 aromatic heterocycles. The number of hydrogen-bond donors (Lipinski definition) is 4. The molecule has 0 bridgehead atoms. The Morgan fingerprint density at radius 3 is 2.18 bits per heavy atom. The maximum Gasteiger partial charge on any atom is 0.421 e. The molecule has 98 valence electrons. The number of rotatable bonds is 6. The van der Waals surface area contributed by atoms with Crippen LogP contribution in [0.5, 0.6) is 0 Å². The zero-order chi connectivity index (χ0) is 13.6. The number of carboxylic acid groups (broad SMARTS) is 2. The number of carbonyl (C=O) groups is 3. The quantitative estimate of drug-likeness (QED) is 0.435. The first-order valence-corrected chi connectivity index (χ1v) is 5.49. The number of aliphatic carboxylic acids is 2. The third kappa shape index (κ3) is 6.32. The molecule has 0 aliphatic carbocycles. The van der Waals surface area contributed by atoms with Gasteiger partial charge in [-0.2, -0.15) is 13.1 Å². The predicted molar refractivity (Wildman–Crippen MR) is 51.3 cm³/mol. The van der Waals surface area contributed by atoms with Crippen LogP contribution in [0.25, 0.3) is 0 Å². The Morgan fingerprint density at radius 1 is 1.29 bits per heavy atom. The zero-order valence-corrected chi connectivity index (χ0v) is 9.35. The molecule has 1 atom stereocenters. The number of methoxy groups -OCH3 is 1. The standard InChI is InChI=1S/C6H10N2O8S/c1-16-6(13)8-17(14,15)7-3(5(11)12)2-4(9)10/h3,7H,2H2,1H3,(H,8,13)(H,9,10)(H,11,12)/t3-/m0/s1. The lowest BCUT2D eigenvalue weighted by atomic mass is 10.2. The van der Waals surface area contributed by atoms with Crippen LogP contribution < -0.4 is 9.44 Å². The number of hydrogen-bond acceptors (Lipinski definition) is 6. The van der Waals surface area contributed by atoms with Crippen LogP contribution in [-0.4, -0.2) is 49.8 Å². The van der Waals surface area contributed by atoms with E-state index >= 15 is 0 Å². The van der Waals surface area contributed by atoms with E-state index in [2.05, 4.69) is 4.74 Å². The summed E-state index contributed by atoms with van der Waals surface area (Å²) in [7, 11) is -3.60. The molecule has 0 aromatic rings. The van der Waals surface area contributed by atoms with Crippen molar-refractivity contribution in [3.8, 4) is 0 Å². The molecular formula is C6H10N2O8S. The topological polar surface area (TPSA) is 159 Å². The van der Waals surface area contributed by atoms with Gasteiger partial charge in [-0.25, -0.2) is 9.52 Å². The minimum atomic E-state index is -4.50. The highest BCUT2D eigenvalue weighted by Gasteiger charge is 2.27. The Hall–Kier alpha value is -1.88. The molecule has 0 saturated carbocycles. The van der Waals surface area contributed by atoms with Gasteiger partial charge in [-0.15, -0.1) is 0 Å². The third-order valence-corrected chi connectivity index (χ3v) is 2.41. The van der Waals surface area contributed by atoms with E-state index in [0.717, 1.165) is 7.11 Å². The molecule has 11 heteroatoms. The Labute approximate surface area is 95.7 Å². The highest BCUT2D eigenvalue weighted by molar-refractivity contribution is 7.88. The second-order valence-corrected chi connectivity index (χ2v) is 4.15. The normalized spacial score (nSPS) is 12.5. The van der Waals surface area contributed by atoms with Gasteiger partial charge in [0, 0.05) is 0 Å². The van der Waals surface area contributed by atoms with Gasteiger partial charge in [0.1, 0.15) is 6.04 Å². The predicted octanol–water partition coefficient (Wildman–Crippen LogP) is -1.90. The minimum Gasteiger partial charge on any atom is -0.481 e. The van der Waals surface area contributed by atoms with Crippen LogP contribution in [0.2, 0.25) is 0 Å². The van der Waals surface area contributed by atoms with E-state index in [9.17, 15) is 22.8 Å². The lowest BCUT2D eigenvalue weighted by molar-refractivity contribution is -0.145. The molecule has 0 aliphatic rings. The van der Waals surface area contributed by atoms with E-state index in [0.29, 0.717) is 0 Å². The molecule has 1 amide bonds. The number of amides is 1. The third-order valence-electron chi connectivity index (χ3n) is 1.38. The zero-order valence-electron chi connectivity index (χ0n) is 8.54. The Morgan fingerprint density at radius 2 is 1.82 bits per heavy atom. The van der Waals surface area contributed by atoms with Crippen molar-refractivity contribution in [1.82, 2.24) is 9.44 Å². The van der Waals surface area contributed by atoms with Crippen molar-refractivity contribution < 1.29 is 37.8 Å². The molecule has 0 saturated heterocycles. The number of carbonyl (C=O) groups excluding carboxylic acids is 1. The molecule has 4 N–H and O–H groups in total. The van der Waals surface area contributed by atoms with E-state index in [1.54, 1.807) is 0 Å². The van der Waals surface area contributed by atoms with Crippen molar-refractivity contribution in [3.63, 3.8) is 0 Å². The fourth-order valence-electron chi connectivity index (χ4n) is 0.722. The lowest BCUT2D eigenvalue weighted by Crippen LogP contribution is -2.48. The SMILES string of the molecule is COC(=O)NS(=O)(=O)N[C@@H](CC(=O)O)C(=O)O. The Balaban J connectivity index is 4.70. The summed E-state index contributed by atoms with van der Waals surface area (Å²) in [6.45, 7) is 0. The van der Waals surface area contributed by atoms with Crippen molar-refractivity contribution in [3.05, 3.63) is 0 Å². The molecule has 0 rings (SSSR count). The van der Waals surface area contributed by atoms with E-state index in [-0.39, 0.29) is 0 Å². The fraction of sp³-hybridized carbons (Fsp3) is 0.500. The van der Waals surface area contributed by atoms with E-state index in [1.807, 2.05) is 0 Å². The van der Waals surface area contributed by atoms with E-state index < -0.39 is 40.7 Å². The molecule has 0 fully saturated rings. The maximum absolute atomic E-state index is 11.1. The van der Waals surface area contributed by atoms with Gasteiger partial charge in [0.05, 0.1) is 13.5 Å². The number of carboxylic acids is 2. The van der Waals surface area contributed by atoms with Crippen molar-refractivity contribution in [2.45, 2.75) is 12.5 Å². The Kier molecular flexibility index (Phi) is 5.34. The first-order valence-electron chi connectivity index (χ1n) is 4.00. The van der Waals surface area contributed by atoms with Gasteiger partial charge in [0.2, 0.25) is 0 Å². The summed E-state index contributed by atoms with van der Waals surface area (Å²) in [6.07, 6.45) is -2.31. The largest absolute Gasteiger partial charge is 0.481 e. The smallest absolute Gasteiger partial charge is 0.421 e. The highest BCUT2D eigenvalue weighted by Crippen LogP contribution is 1.95. The maximum atomic E-state index is 11.1. The molecule has 0 aromatic carbocycles. The summed E-state index contributed by atoms with van der Waals surface area (Å²) >= 11 is 0. The monoisotopic (exact) mass is 270 g/mol. The summed E-state index contributed by atoms with van der Waals surface area (Å²) in [4.78, 5) is 31.4. The molecular weight excluding hydrogens is 260 g/mol. The summed E-state index contributed by atoms with van der Waals surface area (Å²) in [5, 5.41) is 16.9. The summed E-state index contributed by atoms with van der Waals surface area (Å²) in [5.41, 5.74) is 0. The molecule has 0 aliphatic heterocycles. The van der Waals surface area contributed by atoms with Crippen LogP contribution in [0, 0.1) is 0 Å². The van der Waals surface area contributed by atoms with Gasteiger partial charge in [0.25, 0.3) is 0 Å². The molecule has 17 heavy (non-hydrogen) atoms. The molecule has 0 radical (unpaired) electrons. The van der Waals surface area contributed by atoms with Gasteiger partial charge in [-0.3, -0.25) is 9.59 Å². The van der Waals surface area contributed by atoms with E-state index in [1.165, 1.54) is 9.44 Å². The van der Waals surface area contributed by atoms with Crippen molar-refractivity contribution >= 4 is 28.2 Å². The second-order valence-electron chi connectivity index (χ2n) is 2.70. The van der Waals surface area contributed by atoms with Gasteiger partial charge < -0.3 is 14.9 Å². The van der Waals surface area contributed by atoms with Crippen LogP contribution in [0.3, 0.4) is 0 Å². The average Bonchev–Trinajstić information content (AvgIpc) is 2.14. The lowest BCUT2D eigenvalue weighted by Gasteiger charge is -2.12. The average molecular weight is 270 g/mol. The summed E-state index contributed by atoms with van der Waals surface area (Å²) in [5.74, 6) is -3.21. The van der Waals surface area contributed by atoms with Crippen LogP contribution in [-0.2, 0) is 24.5 Å².